The Morgan fingerprint density at radius 1 is 1.47 bits per heavy atom. The first-order valence-corrected chi connectivity index (χ1v) is 6.63. The Balaban J connectivity index is 1.95. The molecule has 0 saturated carbocycles. The number of benzene rings is 1. The topological polar surface area (TPSA) is 38.8 Å². The Labute approximate surface area is 113 Å². The number of carbonyl (C=O) groups excluding carboxylic acids is 1. The molecular weight excluding hydrogens is 242 g/mol. The average molecular weight is 261 g/mol. The molecule has 0 N–H and O–H groups in total. The van der Waals surface area contributed by atoms with Gasteiger partial charge in [-0.25, -0.2) is 0 Å². The third-order valence-corrected chi connectivity index (χ3v) is 4.25. The van der Waals surface area contributed by atoms with Gasteiger partial charge in [-0.05, 0) is 32.2 Å². The average Bonchev–Trinajstić information content (AvgIpc) is 2.63. The van der Waals surface area contributed by atoms with Crippen molar-refractivity contribution >= 4 is 5.78 Å². The Morgan fingerprint density at radius 2 is 2.26 bits per heavy atom. The van der Waals surface area contributed by atoms with E-state index in [0.29, 0.717) is 29.5 Å². The van der Waals surface area contributed by atoms with Crippen molar-refractivity contribution in [3.05, 3.63) is 23.8 Å². The summed E-state index contributed by atoms with van der Waals surface area (Å²) in [6.45, 7) is 2.98. The quantitative estimate of drug-likeness (QED) is 0.776. The fourth-order valence-electron chi connectivity index (χ4n) is 3.17. The van der Waals surface area contributed by atoms with E-state index in [0.717, 1.165) is 13.0 Å². The maximum Gasteiger partial charge on any atom is 0.170 e. The molecule has 0 amide bonds. The summed E-state index contributed by atoms with van der Waals surface area (Å²) in [5.41, 5.74) is 0.305. The highest BCUT2D eigenvalue weighted by Gasteiger charge is 2.47. The molecule has 2 heterocycles. The summed E-state index contributed by atoms with van der Waals surface area (Å²) in [5, 5.41) is 0. The van der Waals surface area contributed by atoms with Gasteiger partial charge in [-0.15, -0.1) is 0 Å². The number of nitrogens with zero attached hydrogens (tertiary/aromatic N) is 1. The molecule has 3 rings (SSSR count). The summed E-state index contributed by atoms with van der Waals surface area (Å²) < 4.78 is 11.3. The number of ether oxygens (including phenoxy) is 2. The number of Topliss-reactive ketones (excluding diaryl/α,β-unsaturated/α-hetero) is 1. The van der Waals surface area contributed by atoms with Crippen LogP contribution in [0.3, 0.4) is 0 Å². The van der Waals surface area contributed by atoms with E-state index in [1.54, 1.807) is 13.2 Å². The van der Waals surface area contributed by atoms with Gasteiger partial charge in [0.2, 0.25) is 0 Å². The number of likely N-dealkylation sites (N-methyl/N-ethyl adjacent to an activating group) is 1. The number of ketones is 1. The molecule has 4 heteroatoms. The lowest BCUT2D eigenvalue weighted by molar-refractivity contribution is 0.0473. The lowest BCUT2D eigenvalue weighted by atomic mass is 9.88. The van der Waals surface area contributed by atoms with Crippen molar-refractivity contribution in [2.45, 2.75) is 31.4 Å². The first kappa shape index (κ1) is 12.5. The van der Waals surface area contributed by atoms with Gasteiger partial charge in [0.15, 0.2) is 5.78 Å². The summed E-state index contributed by atoms with van der Waals surface area (Å²) in [5.74, 6) is 1.55. The zero-order chi connectivity index (χ0) is 13.6. The van der Waals surface area contributed by atoms with Crippen LogP contribution < -0.4 is 9.47 Å². The van der Waals surface area contributed by atoms with Crippen LogP contribution in [0.5, 0.6) is 11.5 Å². The van der Waals surface area contributed by atoms with Crippen molar-refractivity contribution in [3.63, 3.8) is 0 Å². The molecule has 1 aromatic carbocycles. The van der Waals surface area contributed by atoms with Gasteiger partial charge >= 0.3 is 0 Å². The minimum atomic E-state index is -0.340. The third kappa shape index (κ3) is 2.00. The lowest BCUT2D eigenvalue weighted by Gasteiger charge is -2.34. The van der Waals surface area contributed by atoms with Crippen molar-refractivity contribution in [1.29, 1.82) is 0 Å². The third-order valence-electron chi connectivity index (χ3n) is 4.25. The van der Waals surface area contributed by atoms with Crippen LogP contribution in [0, 0.1) is 0 Å². The van der Waals surface area contributed by atoms with Gasteiger partial charge in [0, 0.05) is 19.0 Å². The van der Waals surface area contributed by atoms with Crippen molar-refractivity contribution < 1.29 is 14.3 Å². The molecule has 2 unspecified atom stereocenters. The van der Waals surface area contributed by atoms with E-state index in [-0.39, 0.29) is 11.4 Å². The van der Waals surface area contributed by atoms with E-state index in [1.807, 2.05) is 12.1 Å². The molecule has 0 bridgehead atoms. The molecular formula is C15H19NO3. The number of fused-ring (bicyclic) bond motifs is 1. The van der Waals surface area contributed by atoms with Gasteiger partial charge in [0.25, 0.3) is 0 Å². The van der Waals surface area contributed by atoms with Crippen molar-refractivity contribution in [1.82, 2.24) is 4.90 Å². The van der Waals surface area contributed by atoms with Crippen LogP contribution in [-0.2, 0) is 0 Å². The van der Waals surface area contributed by atoms with Gasteiger partial charge in [0.1, 0.15) is 17.1 Å². The Morgan fingerprint density at radius 3 is 2.89 bits per heavy atom. The second kappa shape index (κ2) is 4.23. The largest absolute Gasteiger partial charge is 0.497 e. The van der Waals surface area contributed by atoms with Crippen molar-refractivity contribution in [2.24, 2.45) is 0 Å². The molecule has 0 radical (unpaired) electrons. The molecule has 1 fully saturated rings. The number of methoxy groups -OCH3 is 1. The van der Waals surface area contributed by atoms with Gasteiger partial charge in [-0.3, -0.25) is 9.69 Å². The van der Waals surface area contributed by atoms with Crippen molar-refractivity contribution in [2.75, 3.05) is 20.7 Å². The number of rotatable bonds is 1. The maximum atomic E-state index is 12.4. The number of carbonyl (C=O) groups is 1. The van der Waals surface area contributed by atoms with Gasteiger partial charge in [0.05, 0.1) is 19.1 Å². The predicted molar refractivity (Wildman–Crippen MR) is 72.0 cm³/mol. The summed E-state index contributed by atoms with van der Waals surface area (Å²) in [4.78, 5) is 14.6. The standard InChI is InChI=1S/C15H19NO3/c1-10-7-15(9-16(10)2)8-13(17)12-6-11(18-3)4-5-14(12)19-15/h4-6,10H,7-9H2,1-3H3. The van der Waals surface area contributed by atoms with E-state index in [1.165, 1.54) is 0 Å². The van der Waals surface area contributed by atoms with Gasteiger partial charge in [-0.1, -0.05) is 0 Å². The molecule has 2 aliphatic rings. The molecule has 2 atom stereocenters. The van der Waals surface area contributed by atoms with Gasteiger partial charge < -0.3 is 9.47 Å². The highest BCUT2D eigenvalue weighted by atomic mass is 16.5. The van der Waals surface area contributed by atoms with Crippen LogP contribution in [0.15, 0.2) is 18.2 Å². The zero-order valence-electron chi connectivity index (χ0n) is 11.6. The molecule has 4 nitrogen and oxygen atoms in total. The normalized spacial score (nSPS) is 30.3. The summed E-state index contributed by atoms with van der Waals surface area (Å²) in [6, 6.07) is 5.91. The smallest absolute Gasteiger partial charge is 0.170 e. The van der Waals surface area contributed by atoms with E-state index in [4.69, 9.17) is 9.47 Å². The molecule has 2 aliphatic heterocycles. The van der Waals surface area contributed by atoms with E-state index in [2.05, 4.69) is 18.9 Å². The molecule has 1 saturated heterocycles. The first-order valence-electron chi connectivity index (χ1n) is 6.63. The van der Waals surface area contributed by atoms with Crippen LogP contribution in [0.4, 0.5) is 0 Å². The Kier molecular flexibility index (Phi) is 2.78. The monoisotopic (exact) mass is 261 g/mol. The van der Waals surface area contributed by atoms with Crippen LogP contribution in [0.2, 0.25) is 0 Å². The Bertz CT molecular complexity index is 516. The summed E-state index contributed by atoms with van der Waals surface area (Å²) >= 11 is 0. The van der Waals surface area contributed by atoms with Crippen molar-refractivity contribution in [3.8, 4) is 11.5 Å². The van der Waals surface area contributed by atoms with Crippen LogP contribution >= 0.6 is 0 Å². The lowest BCUT2D eigenvalue weighted by Crippen LogP contribution is -2.44. The minimum Gasteiger partial charge on any atom is -0.497 e. The van der Waals surface area contributed by atoms with Crippen LogP contribution in [-0.4, -0.2) is 43.0 Å². The first-order chi connectivity index (χ1) is 9.03. The molecule has 0 aliphatic carbocycles. The zero-order valence-corrected chi connectivity index (χ0v) is 11.6. The molecule has 102 valence electrons. The minimum absolute atomic E-state index is 0.155. The van der Waals surface area contributed by atoms with Crippen LogP contribution in [0.25, 0.3) is 0 Å². The number of hydrogen-bond donors (Lipinski definition) is 0. The van der Waals surface area contributed by atoms with E-state index < -0.39 is 0 Å². The SMILES string of the molecule is COc1ccc2c(c1)C(=O)CC1(CC(C)N(C)C1)O2. The maximum absolute atomic E-state index is 12.4. The molecule has 19 heavy (non-hydrogen) atoms. The second-order valence-electron chi connectivity index (χ2n) is 5.72. The van der Waals surface area contributed by atoms with E-state index in [9.17, 15) is 4.79 Å². The number of hydrogen-bond acceptors (Lipinski definition) is 4. The molecule has 0 aromatic heterocycles. The Hall–Kier alpha value is -1.55. The van der Waals surface area contributed by atoms with E-state index >= 15 is 0 Å². The van der Waals surface area contributed by atoms with Gasteiger partial charge in [-0.2, -0.15) is 0 Å². The second-order valence-corrected chi connectivity index (χ2v) is 5.72. The van der Waals surface area contributed by atoms with Crippen LogP contribution in [0.1, 0.15) is 30.1 Å². The molecule has 1 aromatic rings. The highest BCUT2D eigenvalue weighted by molar-refractivity contribution is 6.00. The number of likely N-dealkylation sites (tertiary alicyclic amines) is 1. The highest BCUT2D eigenvalue weighted by Crippen LogP contribution is 2.41. The summed E-state index contributed by atoms with van der Waals surface area (Å²) in [6.07, 6.45) is 1.36. The molecule has 1 spiro atoms. The fraction of sp³-hybridized carbons (Fsp3) is 0.533. The fourth-order valence-corrected chi connectivity index (χ4v) is 3.17. The summed E-state index contributed by atoms with van der Waals surface area (Å²) in [7, 11) is 3.68. The predicted octanol–water partition coefficient (Wildman–Crippen LogP) is 2.12.